The van der Waals surface area contributed by atoms with Crippen LogP contribution in [0.1, 0.15) is 51.4 Å². The van der Waals surface area contributed by atoms with Crippen LogP contribution in [-0.2, 0) is 0 Å². The van der Waals surface area contributed by atoms with E-state index >= 15 is 0 Å². The number of nitrogens with one attached hydrogen (secondary N) is 3. The first-order chi connectivity index (χ1) is 15.2. The van der Waals surface area contributed by atoms with Gasteiger partial charge in [0.15, 0.2) is 0 Å². The van der Waals surface area contributed by atoms with Crippen molar-refractivity contribution >= 4 is 11.7 Å². The number of nitrogens with zero attached hydrogens (tertiary/aromatic N) is 1. The lowest BCUT2D eigenvalue weighted by atomic mass is 9.53. The van der Waals surface area contributed by atoms with E-state index in [2.05, 4.69) is 20.9 Å². The Morgan fingerprint density at radius 2 is 1.77 bits per heavy atom. The molecular weight excluding hydrogens is 388 g/mol. The van der Waals surface area contributed by atoms with E-state index in [-0.39, 0.29) is 11.6 Å². The number of ether oxygens (including phenoxy) is 1. The summed E-state index contributed by atoms with van der Waals surface area (Å²) in [6.07, 6.45) is 9.88. The van der Waals surface area contributed by atoms with E-state index in [1.165, 1.54) is 38.5 Å². The highest BCUT2D eigenvalue weighted by Gasteiger charge is 2.51. The zero-order valence-electron chi connectivity index (χ0n) is 18.7. The maximum absolute atomic E-state index is 12.8. The summed E-state index contributed by atoms with van der Waals surface area (Å²) >= 11 is 0. The molecule has 6 rings (SSSR count). The molecule has 5 aliphatic rings. The summed E-state index contributed by atoms with van der Waals surface area (Å²) in [6, 6.07) is 7.75. The molecule has 1 aromatic carbocycles. The zero-order valence-corrected chi connectivity index (χ0v) is 18.7. The summed E-state index contributed by atoms with van der Waals surface area (Å²) in [6.45, 7) is 6.38. The van der Waals surface area contributed by atoms with E-state index in [0.717, 1.165) is 81.4 Å². The monoisotopic (exact) mass is 426 g/mol. The lowest BCUT2D eigenvalue weighted by Gasteiger charge is -2.56. The number of urea groups is 1. The molecule has 3 N–H and O–H groups in total. The number of amides is 2. The standard InChI is InChI=1S/C25H38N4O2/c30-24(28-25-16-19-12-20(17-25)14-21(13-19)18-25)27-22-4-3-5-23(15-22)31-11-2-1-8-29-9-6-26-7-10-29/h3-5,15,19-21,26H,1-2,6-14,16-18H2,(H2,27,28,30). The molecule has 4 bridgehead atoms. The maximum atomic E-state index is 12.8. The highest BCUT2D eigenvalue weighted by Crippen LogP contribution is 2.55. The van der Waals surface area contributed by atoms with Crippen molar-refractivity contribution < 1.29 is 9.53 Å². The molecule has 0 aromatic heterocycles. The summed E-state index contributed by atoms with van der Waals surface area (Å²) in [5.41, 5.74) is 0.845. The van der Waals surface area contributed by atoms with E-state index in [1.54, 1.807) is 0 Å². The van der Waals surface area contributed by atoms with Crippen molar-refractivity contribution in [2.24, 2.45) is 17.8 Å². The molecule has 5 fully saturated rings. The van der Waals surface area contributed by atoms with Gasteiger partial charge in [-0.2, -0.15) is 0 Å². The average molecular weight is 427 g/mol. The van der Waals surface area contributed by atoms with Gasteiger partial charge in [-0.25, -0.2) is 4.79 Å². The van der Waals surface area contributed by atoms with Gasteiger partial charge in [0, 0.05) is 43.5 Å². The topological polar surface area (TPSA) is 65.6 Å². The Balaban J connectivity index is 1.06. The molecule has 6 heteroatoms. The van der Waals surface area contributed by atoms with Crippen molar-refractivity contribution in [1.82, 2.24) is 15.5 Å². The van der Waals surface area contributed by atoms with Crippen LogP contribution < -0.4 is 20.7 Å². The molecule has 0 spiro atoms. The average Bonchev–Trinajstić information content (AvgIpc) is 2.73. The van der Waals surface area contributed by atoms with Crippen molar-refractivity contribution in [3.05, 3.63) is 24.3 Å². The van der Waals surface area contributed by atoms with E-state index < -0.39 is 0 Å². The second-order valence-corrected chi connectivity index (χ2v) is 10.5. The van der Waals surface area contributed by atoms with Crippen molar-refractivity contribution in [2.75, 3.05) is 44.6 Å². The van der Waals surface area contributed by atoms with Crippen molar-refractivity contribution in [3.63, 3.8) is 0 Å². The van der Waals surface area contributed by atoms with Gasteiger partial charge in [-0.05, 0) is 87.8 Å². The van der Waals surface area contributed by atoms with Crippen LogP contribution in [0.4, 0.5) is 10.5 Å². The second kappa shape index (κ2) is 9.37. The fourth-order valence-corrected chi connectivity index (χ4v) is 6.89. The van der Waals surface area contributed by atoms with Crippen molar-refractivity contribution in [2.45, 2.75) is 56.9 Å². The number of rotatable bonds is 8. The fourth-order valence-electron chi connectivity index (χ4n) is 6.89. The molecule has 4 aliphatic carbocycles. The predicted octanol–water partition coefficient (Wildman–Crippen LogP) is 3.84. The minimum atomic E-state index is -0.0601. The zero-order chi connectivity index (χ0) is 21.1. The maximum Gasteiger partial charge on any atom is 0.319 e. The largest absolute Gasteiger partial charge is 0.494 e. The van der Waals surface area contributed by atoms with Gasteiger partial charge in [-0.3, -0.25) is 0 Å². The molecule has 4 saturated carbocycles. The van der Waals surface area contributed by atoms with Crippen LogP contribution in [0.25, 0.3) is 0 Å². The normalized spacial score (nSPS) is 32.1. The number of carbonyl (C=O) groups excluding carboxylic acids is 1. The number of anilines is 1. The van der Waals surface area contributed by atoms with E-state index in [1.807, 2.05) is 24.3 Å². The number of piperazine rings is 1. The molecule has 1 heterocycles. The fraction of sp³-hybridized carbons (Fsp3) is 0.720. The van der Waals surface area contributed by atoms with E-state index in [9.17, 15) is 4.79 Å². The molecule has 0 atom stereocenters. The molecule has 2 amide bonds. The van der Waals surface area contributed by atoms with Crippen LogP contribution in [0.2, 0.25) is 0 Å². The second-order valence-electron chi connectivity index (χ2n) is 10.5. The Morgan fingerprint density at radius 1 is 1.06 bits per heavy atom. The van der Waals surface area contributed by atoms with Gasteiger partial charge in [0.25, 0.3) is 0 Å². The number of benzene rings is 1. The van der Waals surface area contributed by atoms with Crippen LogP contribution in [0, 0.1) is 17.8 Å². The lowest BCUT2D eigenvalue weighted by molar-refractivity contribution is -0.0127. The molecule has 31 heavy (non-hydrogen) atoms. The molecule has 1 aromatic rings. The van der Waals surface area contributed by atoms with Gasteiger partial charge in [-0.1, -0.05) is 6.07 Å². The summed E-state index contributed by atoms with van der Waals surface area (Å²) in [5.74, 6) is 3.31. The van der Waals surface area contributed by atoms with Gasteiger partial charge < -0.3 is 25.6 Å². The van der Waals surface area contributed by atoms with Crippen LogP contribution in [0.5, 0.6) is 5.75 Å². The SMILES string of the molecule is O=C(Nc1cccc(OCCCCN2CCNCC2)c1)NC12CC3CC(CC(C3)C1)C2. The molecule has 0 radical (unpaired) electrons. The first-order valence-corrected chi connectivity index (χ1v) is 12.4. The first kappa shape index (κ1) is 21.1. The molecule has 1 aliphatic heterocycles. The number of carbonyl (C=O) groups is 1. The minimum Gasteiger partial charge on any atom is -0.494 e. The van der Waals surface area contributed by atoms with Crippen LogP contribution >= 0.6 is 0 Å². The Hall–Kier alpha value is -1.79. The summed E-state index contributed by atoms with van der Waals surface area (Å²) in [7, 11) is 0. The van der Waals surface area contributed by atoms with Crippen molar-refractivity contribution in [3.8, 4) is 5.75 Å². The van der Waals surface area contributed by atoms with E-state index in [0.29, 0.717) is 0 Å². The number of unbranched alkanes of at least 4 members (excludes halogenated alkanes) is 1. The summed E-state index contributed by atoms with van der Waals surface area (Å²) in [5, 5.41) is 9.84. The van der Waals surface area contributed by atoms with Gasteiger partial charge in [-0.15, -0.1) is 0 Å². The molecule has 1 saturated heterocycles. The predicted molar refractivity (Wildman–Crippen MR) is 124 cm³/mol. The highest BCUT2D eigenvalue weighted by atomic mass is 16.5. The van der Waals surface area contributed by atoms with Gasteiger partial charge in [0.05, 0.1) is 6.61 Å². The van der Waals surface area contributed by atoms with Crippen LogP contribution in [0.3, 0.4) is 0 Å². The van der Waals surface area contributed by atoms with E-state index in [4.69, 9.17) is 4.74 Å². The molecule has 170 valence electrons. The third kappa shape index (κ3) is 5.35. The summed E-state index contributed by atoms with van der Waals surface area (Å²) < 4.78 is 5.95. The molecule has 6 nitrogen and oxygen atoms in total. The quantitative estimate of drug-likeness (QED) is 0.553. The number of hydrogen-bond donors (Lipinski definition) is 3. The molecule has 0 unspecified atom stereocenters. The summed E-state index contributed by atoms with van der Waals surface area (Å²) in [4.78, 5) is 15.3. The van der Waals surface area contributed by atoms with Gasteiger partial charge in [0.2, 0.25) is 0 Å². The highest BCUT2D eigenvalue weighted by molar-refractivity contribution is 5.90. The third-order valence-corrected chi connectivity index (χ3v) is 7.86. The molecular formula is C25H38N4O2. The third-order valence-electron chi connectivity index (χ3n) is 7.86. The van der Waals surface area contributed by atoms with Crippen molar-refractivity contribution in [1.29, 1.82) is 0 Å². The lowest BCUT2D eigenvalue weighted by Crippen LogP contribution is -2.60. The Labute approximate surface area is 186 Å². The Bertz CT molecular complexity index is 726. The van der Waals surface area contributed by atoms with Crippen LogP contribution in [-0.4, -0.2) is 55.8 Å². The van der Waals surface area contributed by atoms with Gasteiger partial charge in [0.1, 0.15) is 5.75 Å². The first-order valence-electron chi connectivity index (χ1n) is 12.4. The minimum absolute atomic E-state index is 0.0391. The van der Waals surface area contributed by atoms with Crippen LogP contribution in [0.15, 0.2) is 24.3 Å². The Kier molecular flexibility index (Phi) is 6.37. The van der Waals surface area contributed by atoms with Gasteiger partial charge >= 0.3 is 6.03 Å². The Morgan fingerprint density at radius 3 is 2.48 bits per heavy atom. The number of hydrogen-bond acceptors (Lipinski definition) is 4. The smallest absolute Gasteiger partial charge is 0.319 e.